The predicted octanol–water partition coefficient (Wildman–Crippen LogP) is 9.33. The van der Waals surface area contributed by atoms with Crippen LogP contribution in [0.1, 0.15) is 162 Å². The molecule has 34 heavy (non-hydrogen) atoms. The Labute approximate surface area is 212 Å². The standard InChI is InChI=1S/C30H58O4/c1-4-6-8-17-21-25-33-29(31)24-20-16-14-12-10-11-13-15-19-23-28(3)27-30(32)34-26-22-18-9-7-5-2/h28H,4-27H2,1-3H3. The van der Waals surface area contributed by atoms with Crippen LogP contribution in [0.2, 0.25) is 0 Å². The van der Waals surface area contributed by atoms with E-state index >= 15 is 0 Å². The van der Waals surface area contributed by atoms with Crippen molar-refractivity contribution in [3.8, 4) is 0 Å². The van der Waals surface area contributed by atoms with Crippen molar-refractivity contribution < 1.29 is 19.1 Å². The highest BCUT2D eigenvalue weighted by Crippen LogP contribution is 2.16. The number of ether oxygens (including phenoxy) is 2. The van der Waals surface area contributed by atoms with Crippen molar-refractivity contribution in [2.24, 2.45) is 5.92 Å². The summed E-state index contributed by atoms with van der Waals surface area (Å²) in [5.41, 5.74) is 0. The molecule has 1 unspecified atom stereocenters. The molecule has 0 aliphatic rings. The third-order valence-electron chi connectivity index (χ3n) is 6.61. The van der Waals surface area contributed by atoms with E-state index in [2.05, 4.69) is 20.8 Å². The SMILES string of the molecule is CCCCCCCOC(=O)CCCCCCCCCCCC(C)CC(=O)OCCCCCCC. The van der Waals surface area contributed by atoms with Gasteiger partial charge in [-0.2, -0.15) is 0 Å². The normalized spacial score (nSPS) is 12.0. The number of carbonyl (C=O) groups is 2. The van der Waals surface area contributed by atoms with Gasteiger partial charge in [0.05, 0.1) is 13.2 Å². The second-order valence-electron chi connectivity index (χ2n) is 10.3. The Hall–Kier alpha value is -1.06. The Morgan fingerprint density at radius 2 is 0.941 bits per heavy atom. The topological polar surface area (TPSA) is 52.6 Å². The van der Waals surface area contributed by atoms with E-state index in [-0.39, 0.29) is 11.9 Å². The molecule has 4 nitrogen and oxygen atoms in total. The molecule has 0 aromatic carbocycles. The first kappa shape index (κ1) is 32.9. The van der Waals surface area contributed by atoms with Crippen LogP contribution < -0.4 is 0 Å². The molecule has 0 aliphatic heterocycles. The van der Waals surface area contributed by atoms with Crippen LogP contribution in [0.25, 0.3) is 0 Å². The molecular weight excluding hydrogens is 424 g/mol. The van der Waals surface area contributed by atoms with Gasteiger partial charge in [0.25, 0.3) is 0 Å². The maximum absolute atomic E-state index is 11.9. The summed E-state index contributed by atoms with van der Waals surface area (Å²) in [6, 6.07) is 0. The zero-order valence-corrected chi connectivity index (χ0v) is 23.2. The van der Waals surface area contributed by atoms with Gasteiger partial charge >= 0.3 is 11.9 Å². The lowest BCUT2D eigenvalue weighted by Crippen LogP contribution is -2.10. The van der Waals surface area contributed by atoms with Crippen molar-refractivity contribution in [1.29, 1.82) is 0 Å². The van der Waals surface area contributed by atoms with Gasteiger partial charge in [0.15, 0.2) is 0 Å². The van der Waals surface area contributed by atoms with Crippen LogP contribution in [0.4, 0.5) is 0 Å². The van der Waals surface area contributed by atoms with Gasteiger partial charge < -0.3 is 9.47 Å². The van der Waals surface area contributed by atoms with E-state index in [0.717, 1.165) is 32.1 Å². The molecule has 0 saturated heterocycles. The van der Waals surface area contributed by atoms with E-state index in [1.807, 2.05) is 0 Å². The minimum absolute atomic E-state index is 0.0135. The molecule has 0 heterocycles. The summed E-state index contributed by atoms with van der Waals surface area (Å²) < 4.78 is 10.7. The van der Waals surface area contributed by atoms with E-state index in [9.17, 15) is 9.59 Å². The first-order valence-electron chi connectivity index (χ1n) is 14.9. The Kier molecular flexibility index (Phi) is 25.7. The highest BCUT2D eigenvalue weighted by molar-refractivity contribution is 5.69. The molecule has 0 aliphatic carbocycles. The number of esters is 2. The number of carbonyl (C=O) groups excluding carboxylic acids is 2. The second-order valence-corrected chi connectivity index (χ2v) is 10.3. The molecule has 0 bridgehead atoms. The number of hydrogen-bond donors (Lipinski definition) is 0. The third-order valence-corrected chi connectivity index (χ3v) is 6.61. The first-order valence-corrected chi connectivity index (χ1v) is 14.9. The summed E-state index contributed by atoms with van der Waals surface area (Å²) in [6.07, 6.45) is 25.2. The van der Waals surface area contributed by atoms with Crippen molar-refractivity contribution in [2.75, 3.05) is 13.2 Å². The van der Waals surface area contributed by atoms with Crippen LogP contribution in [0, 0.1) is 5.92 Å². The van der Waals surface area contributed by atoms with Gasteiger partial charge in [-0.1, -0.05) is 130 Å². The molecule has 0 amide bonds. The number of unbranched alkanes of at least 4 members (excludes halogenated alkanes) is 16. The second kappa shape index (κ2) is 26.5. The van der Waals surface area contributed by atoms with E-state index in [1.165, 1.54) is 96.3 Å². The molecule has 0 aromatic heterocycles. The van der Waals surface area contributed by atoms with Gasteiger partial charge in [0.1, 0.15) is 0 Å². The van der Waals surface area contributed by atoms with Crippen molar-refractivity contribution in [3.63, 3.8) is 0 Å². The molecular formula is C30H58O4. The summed E-state index contributed by atoms with van der Waals surface area (Å²) in [7, 11) is 0. The lowest BCUT2D eigenvalue weighted by atomic mass is 9.99. The third kappa shape index (κ3) is 25.6. The Morgan fingerprint density at radius 1 is 0.529 bits per heavy atom. The summed E-state index contributed by atoms with van der Waals surface area (Å²) in [5, 5.41) is 0. The summed E-state index contributed by atoms with van der Waals surface area (Å²) in [5.74, 6) is 0.402. The maximum atomic E-state index is 11.9. The fourth-order valence-corrected chi connectivity index (χ4v) is 4.30. The molecule has 0 N–H and O–H groups in total. The van der Waals surface area contributed by atoms with Gasteiger partial charge in [0, 0.05) is 12.8 Å². The smallest absolute Gasteiger partial charge is 0.306 e. The van der Waals surface area contributed by atoms with Crippen molar-refractivity contribution in [1.82, 2.24) is 0 Å². The summed E-state index contributed by atoms with van der Waals surface area (Å²) >= 11 is 0. The lowest BCUT2D eigenvalue weighted by molar-refractivity contribution is -0.145. The molecule has 0 saturated carbocycles. The fourth-order valence-electron chi connectivity index (χ4n) is 4.30. The van der Waals surface area contributed by atoms with Gasteiger partial charge in [-0.15, -0.1) is 0 Å². The van der Waals surface area contributed by atoms with E-state index in [4.69, 9.17) is 9.47 Å². The molecule has 0 radical (unpaired) electrons. The Morgan fingerprint density at radius 3 is 1.47 bits per heavy atom. The van der Waals surface area contributed by atoms with Crippen LogP contribution in [-0.4, -0.2) is 25.2 Å². The van der Waals surface area contributed by atoms with Crippen LogP contribution in [0.3, 0.4) is 0 Å². The Balaban J connectivity index is 3.33. The Bertz CT molecular complexity index is 449. The molecule has 4 heteroatoms. The summed E-state index contributed by atoms with van der Waals surface area (Å²) in [4.78, 5) is 23.6. The maximum Gasteiger partial charge on any atom is 0.306 e. The van der Waals surface area contributed by atoms with Crippen LogP contribution in [-0.2, 0) is 19.1 Å². The minimum atomic E-state index is -0.0151. The average molecular weight is 483 g/mol. The monoisotopic (exact) mass is 482 g/mol. The quantitative estimate of drug-likeness (QED) is 0.0910. The highest BCUT2D eigenvalue weighted by Gasteiger charge is 2.10. The van der Waals surface area contributed by atoms with Gasteiger partial charge in [0.2, 0.25) is 0 Å². The van der Waals surface area contributed by atoms with Crippen LogP contribution in [0.5, 0.6) is 0 Å². The molecule has 0 rings (SSSR count). The van der Waals surface area contributed by atoms with Gasteiger partial charge in [-0.05, 0) is 25.2 Å². The predicted molar refractivity (Wildman–Crippen MR) is 144 cm³/mol. The molecule has 0 fully saturated rings. The highest BCUT2D eigenvalue weighted by atomic mass is 16.5. The van der Waals surface area contributed by atoms with Gasteiger partial charge in [-0.3, -0.25) is 9.59 Å². The fraction of sp³-hybridized carbons (Fsp3) is 0.933. The van der Waals surface area contributed by atoms with E-state index in [1.54, 1.807) is 0 Å². The van der Waals surface area contributed by atoms with E-state index in [0.29, 0.717) is 32.0 Å². The van der Waals surface area contributed by atoms with Gasteiger partial charge in [-0.25, -0.2) is 0 Å². The first-order chi connectivity index (χ1) is 16.6. The summed E-state index contributed by atoms with van der Waals surface area (Å²) in [6.45, 7) is 7.79. The zero-order chi connectivity index (χ0) is 25.1. The number of hydrogen-bond acceptors (Lipinski definition) is 4. The van der Waals surface area contributed by atoms with E-state index < -0.39 is 0 Å². The lowest BCUT2D eigenvalue weighted by Gasteiger charge is -2.11. The van der Waals surface area contributed by atoms with Crippen molar-refractivity contribution in [2.45, 2.75) is 162 Å². The largest absolute Gasteiger partial charge is 0.466 e. The zero-order valence-electron chi connectivity index (χ0n) is 23.2. The molecule has 202 valence electrons. The minimum Gasteiger partial charge on any atom is -0.466 e. The molecule has 0 spiro atoms. The molecule has 0 aromatic rings. The average Bonchev–Trinajstić information content (AvgIpc) is 2.82. The number of rotatable bonds is 26. The van der Waals surface area contributed by atoms with Crippen molar-refractivity contribution >= 4 is 11.9 Å². The van der Waals surface area contributed by atoms with Crippen molar-refractivity contribution in [3.05, 3.63) is 0 Å². The molecule has 1 atom stereocenters. The van der Waals surface area contributed by atoms with Crippen LogP contribution in [0.15, 0.2) is 0 Å². The van der Waals surface area contributed by atoms with Crippen LogP contribution >= 0.6 is 0 Å².